The number of rotatable bonds is 5. The van der Waals surface area contributed by atoms with Crippen LogP contribution in [-0.2, 0) is 4.79 Å². The van der Waals surface area contributed by atoms with Crippen LogP contribution in [0, 0.1) is 10.8 Å². The number of carbonyl (C=O) groups is 1. The van der Waals surface area contributed by atoms with Crippen LogP contribution >= 0.6 is 0 Å². The van der Waals surface area contributed by atoms with Crippen LogP contribution in [0.5, 0.6) is 0 Å². The fraction of sp³-hybridized carbons (Fsp3) is 0.923. The van der Waals surface area contributed by atoms with E-state index >= 15 is 0 Å². The lowest BCUT2D eigenvalue weighted by Crippen LogP contribution is -2.29. The van der Waals surface area contributed by atoms with E-state index < -0.39 is 0 Å². The van der Waals surface area contributed by atoms with E-state index in [9.17, 15) is 4.79 Å². The van der Waals surface area contributed by atoms with Gasteiger partial charge in [0.25, 0.3) is 0 Å². The van der Waals surface area contributed by atoms with Crippen molar-refractivity contribution in [2.75, 3.05) is 13.1 Å². The molecule has 2 nitrogen and oxygen atoms in total. The fourth-order valence-electron chi connectivity index (χ4n) is 1.18. The van der Waals surface area contributed by atoms with E-state index in [1.807, 2.05) is 4.90 Å². The lowest BCUT2D eigenvalue weighted by Gasteiger charge is -2.26. The summed E-state index contributed by atoms with van der Waals surface area (Å²) in [7, 11) is 0. The van der Waals surface area contributed by atoms with Crippen molar-refractivity contribution in [1.29, 1.82) is 0 Å². The van der Waals surface area contributed by atoms with Crippen molar-refractivity contribution in [3.63, 3.8) is 0 Å². The van der Waals surface area contributed by atoms with Gasteiger partial charge >= 0.3 is 0 Å². The molecule has 1 amide bonds. The van der Waals surface area contributed by atoms with E-state index in [1.54, 1.807) is 0 Å². The number of hydrogen-bond donors (Lipinski definition) is 0. The summed E-state index contributed by atoms with van der Waals surface area (Å²) >= 11 is 0. The SMILES string of the molecule is CC(C)(C)CCN(C=O)CCC(C)(C)C. The zero-order chi connectivity index (χ0) is 12.1. The molecule has 0 atom stereocenters. The third-order valence-electron chi connectivity index (χ3n) is 2.45. The Kier molecular flexibility index (Phi) is 5.33. The summed E-state index contributed by atoms with van der Waals surface area (Å²) in [5.41, 5.74) is 0.617. The maximum atomic E-state index is 10.9. The van der Waals surface area contributed by atoms with E-state index in [0.29, 0.717) is 10.8 Å². The molecule has 0 fully saturated rings. The molecule has 15 heavy (non-hydrogen) atoms. The molecule has 0 radical (unpaired) electrons. The van der Waals surface area contributed by atoms with E-state index in [2.05, 4.69) is 41.5 Å². The number of carbonyl (C=O) groups excluding carboxylic acids is 1. The van der Waals surface area contributed by atoms with Gasteiger partial charge in [-0.05, 0) is 23.7 Å². The lowest BCUT2D eigenvalue weighted by atomic mass is 9.91. The number of nitrogens with zero attached hydrogens (tertiary/aromatic N) is 1. The molecule has 0 aliphatic carbocycles. The molecule has 2 heteroatoms. The average Bonchev–Trinajstić information content (AvgIpc) is 2.00. The molecule has 0 rings (SSSR count). The minimum absolute atomic E-state index is 0.309. The molecule has 0 aliphatic heterocycles. The van der Waals surface area contributed by atoms with Crippen LogP contribution in [0.4, 0.5) is 0 Å². The normalized spacial score (nSPS) is 12.7. The van der Waals surface area contributed by atoms with Crippen LogP contribution in [0.25, 0.3) is 0 Å². The van der Waals surface area contributed by atoms with Gasteiger partial charge in [0.2, 0.25) is 6.41 Å². The second kappa shape index (κ2) is 5.53. The molecule has 0 bridgehead atoms. The first-order valence-corrected chi connectivity index (χ1v) is 5.83. The van der Waals surface area contributed by atoms with Gasteiger partial charge < -0.3 is 4.90 Å². The third-order valence-corrected chi connectivity index (χ3v) is 2.45. The molecule has 0 saturated heterocycles. The first-order chi connectivity index (χ1) is 6.64. The predicted octanol–water partition coefficient (Wildman–Crippen LogP) is 3.32. The van der Waals surface area contributed by atoms with Crippen LogP contribution in [0.3, 0.4) is 0 Å². The molecule has 0 aromatic heterocycles. The van der Waals surface area contributed by atoms with Crippen molar-refractivity contribution in [1.82, 2.24) is 4.90 Å². The summed E-state index contributed by atoms with van der Waals surface area (Å²) in [6, 6.07) is 0. The molecule has 0 aliphatic rings. The van der Waals surface area contributed by atoms with Crippen LogP contribution in [0.15, 0.2) is 0 Å². The maximum Gasteiger partial charge on any atom is 0.209 e. The standard InChI is InChI=1S/C13H27NO/c1-12(2,3)7-9-14(11-15)10-8-13(4,5)6/h11H,7-10H2,1-6H3. The summed E-state index contributed by atoms with van der Waals surface area (Å²) in [6.45, 7) is 15.0. The van der Waals surface area contributed by atoms with Crippen molar-refractivity contribution < 1.29 is 4.79 Å². The van der Waals surface area contributed by atoms with Crippen molar-refractivity contribution in [3.05, 3.63) is 0 Å². The van der Waals surface area contributed by atoms with Crippen LogP contribution < -0.4 is 0 Å². The number of hydrogen-bond acceptors (Lipinski definition) is 1. The summed E-state index contributed by atoms with van der Waals surface area (Å²) < 4.78 is 0. The first kappa shape index (κ1) is 14.5. The highest BCUT2D eigenvalue weighted by atomic mass is 16.1. The van der Waals surface area contributed by atoms with Crippen LogP contribution in [0.2, 0.25) is 0 Å². The molecule has 90 valence electrons. The Morgan fingerprint density at radius 2 is 1.20 bits per heavy atom. The molecular weight excluding hydrogens is 186 g/mol. The van der Waals surface area contributed by atoms with Crippen molar-refractivity contribution in [3.8, 4) is 0 Å². The van der Waals surface area contributed by atoms with E-state index in [1.165, 1.54) is 0 Å². The summed E-state index contributed by atoms with van der Waals surface area (Å²) in [6.07, 6.45) is 3.11. The van der Waals surface area contributed by atoms with Crippen molar-refractivity contribution in [2.45, 2.75) is 54.4 Å². The minimum Gasteiger partial charge on any atom is -0.345 e. The molecule has 0 unspecified atom stereocenters. The molecular formula is C13H27NO. The first-order valence-electron chi connectivity index (χ1n) is 5.83. The second-order valence-electron chi connectivity index (χ2n) is 6.76. The molecule has 0 spiro atoms. The van der Waals surface area contributed by atoms with Gasteiger partial charge in [0.15, 0.2) is 0 Å². The Morgan fingerprint density at radius 1 is 0.867 bits per heavy atom. The van der Waals surface area contributed by atoms with Gasteiger partial charge in [0.1, 0.15) is 0 Å². The Labute approximate surface area is 95.0 Å². The van der Waals surface area contributed by atoms with Crippen molar-refractivity contribution >= 4 is 6.41 Å². The fourth-order valence-corrected chi connectivity index (χ4v) is 1.18. The van der Waals surface area contributed by atoms with E-state index in [0.717, 1.165) is 32.3 Å². The summed E-state index contributed by atoms with van der Waals surface area (Å²) in [4.78, 5) is 12.8. The maximum absolute atomic E-state index is 10.9. The topological polar surface area (TPSA) is 20.3 Å². The van der Waals surface area contributed by atoms with Gasteiger partial charge in [0.05, 0.1) is 0 Å². The van der Waals surface area contributed by atoms with Crippen LogP contribution in [0.1, 0.15) is 54.4 Å². The zero-order valence-electron chi connectivity index (χ0n) is 11.3. The Balaban J connectivity index is 3.89. The summed E-state index contributed by atoms with van der Waals surface area (Å²) in [5.74, 6) is 0. The van der Waals surface area contributed by atoms with Crippen molar-refractivity contribution in [2.24, 2.45) is 10.8 Å². The highest BCUT2D eigenvalue weighted by Crippen LogP contribution is 2.21. The van der Waals surface area contributed by atoms with Gasteiger partial charge in [-0.25, -0.2) is 0 Å². The Morgan fingerprint density at radius 3 is 1.40 bits per heavy atom. The van der Waals surface area contributed by atoms with E-state index in [-0.39, 0.29) is 0 Å². The molecule has 0 heterocycles. The quantitative estimate of drug-likeness (QED) is 0.642. The minimum atomic E-state index is 0.309. The van der Waals surface area contributed by atoms with Gasteiger partial charge in [0, 0.05) is 13.1 Å². The van der Waals surface area contributed by atoms with Gasteiger partial charge in [-0.2, -0.15) is 0 Å². The molecule has 0 saturated carbocycles. The third kappa shape index (κ3) is 9.77. The Hall–Kier alpha value is -0.530. The highest BCUT2D eigenvalue weighted by molar-refractivity contribution is 5.46. The largest absolute Gasteiger partial charge is 0.345 e. The Bertz CT molecular complexity index is 168. The monoisotopic (exact) mass is 213 g/mol. The predicted molar refractivity (Wildman–Crippen MR) is 65.8 cm³/mol. The smallest absolute Gasteiger partial charge is 0.209 e. The highest BCUT2D eigenvalue weighted by Gasteiger charge is 2.15. The molecule has 0 aromatic rings. The number of amides is 1. The average molecular weight is 213 g/mol. The van der Waals surface area contributed by atoms with Crippen LogP contribution in [-0.4, -0.2) is 24.4 Å². The lowest BCUT2D eigenvalue weighted by molar-refractivity contribution is -0.118. The van der Waals surface area contributed by atoms with E-state index in [4.69, 9.17) is 0 Å². The second-order valence-corrected chi connectivity index (χ2v) is 6.76. The zero-order valence-corrected chi connectivity index (χ0v) is 11.3. The molecule has 0 N–H and O–H groups in total. The summed E-state index contributed by atoms with van der Waals surface area (Å²) in [5, 5.41) is 0. The van der Waals surface area contributed by atoms with Gasteiger partial charge in [-0.3, -0.25) is 4.79 Å². The molecule has 0 aromatic carbocycles. The van der Waals surface area contributed by atoms with Gasteiger partial charge in [-0.1, -0.05) is 41.5 Å². The van der Waals surface area contributed by atoms with Gasteiger partial charge in [-0.15, -0.1) is 0 Å².